The van der Waals surface area contributed by atoms with Crippen molar-refractivity contribution < 1.29 is 4.79 Å². The summed E-state index contributed by atoms with van der Waals surface area (Å²) in [6.45, 7) is 3.02. The average molecular weight is 299 g/mol. The molecule has 1 saturated heterocycles. The molecule has 3 rings (SSSR count). The molecule has 0 spiro atoms. The van der Waals surface area contributed by atoms with E-state index in [0.29, 0.717) is 18.7 Å². The van der Waals surface area contributed by atoms with Gasteiger partial charge in [0.15, 0.2) is 0 Å². The Labute approximate surface area is 129 Å². The number of thiol groups is 1. The van der Waals surface area contributed by atoms with Gasteiger partial charge in [-0.3, -0.25) is 4.79 Å². The lowest BCUT2D eigenvalue weighted by Crippen LogP contribution is -2.49. The predicted molar refractivity (Wildman–Crippen MR) is 86.0 cm³/mol. The third-order valence-electron chi connectivity index (χ3n) is 3.67. The minimum atomic E-state index is 0.0567. The Hall–Kier alpha value is -2.01. The van der Waals surface area contributed by atoms with Crippen molar-refractivity contribution in [3.05, 3.63) is 54.2 Å². The van der Waals surface area contributed by atoms with Crippen molar-refractivity contribution in [3.63, 3.8) is 0 Å². The minimum Gasteiger partial charge on any atom is -0.353 e. The van der Waals surface area contributed by atoms with Crippen LogP contribution in [0.4, 0.5) is 5.82 Å². The van der Waals surface area contributed by atoms with Crippen LogP contribution in [-0.2, 0) is 0 Å². The van der Waals surface area contributed by atoms with E-state index in [9.17, 15) is 4.79 Å². The van der Waals surface area contributed by atoms with E-state index in [2.05, 4.69) is 22.5 Å². The van der Waals surface area contributed by atoms with Crippen LogP contribution in [0.5, 0.6) is 0 Å². The number of benzene rings is 1. The zero-order valence-corrected chi connectivity index (χ0v) is 12.5. The minimum absolute atomic E-state index is 0.0567. The first-order valence-electron chi connectivity index (χ1n) is 6.99. The van der Waals surface area contributed by atoms with E-state index in [1.165, 1.54) is 0 Å². The zero-order valence-electron chi connectivity index (χ0n) is 11.6. The summed E-state index contributed by atoms with van der Waals surface area (Å²) in [6, 6.07) is 13.3. The van der Waals surface area contributed by atoms with Gasteiger partial charge in [-0.05, 0) is 24.3 Å². The Morgan fingerprint density at radius 2 is 1.71 bits per heavy atom. The number of amides is 1. The number of anilines is 1. The molecule has 0 saturated carbocycles. The van der Waals surface area contributed by atoms with Crippen molar-refractivity contribution in [3.8, 4) is 0 Å². The number of piperazine rings is 1. The number of carbonyl (C=O) groups is 1. The molecule has 0 radical (unpaired) electrons. The van der Waals surface area contributed by atoms with E-state index >= 15 is 0 Å². The molecule has 0 unspecified atom stereocenters. The molecule has 1 amide bonds. The lowest BCUT2D eigenvalue weighted by Gasteiger charge is -2.35. The molecule has 0 aliphatic carbocycles. The maximum absolute atomic E-state index is 12.5. The van der Waals surface area contributed by atoms with Gasteiger partial charge < -0.3 is 9.80 Å². The van der Waals surface area contributed by atoms with E-state index in [1.807, 2.05) is 47.4 Å². The largest absolute Gasteiger partial charge is 0.353 e. The van der Waals surface area contributed by atoms with Gasteiger partial charge in [0.05, 0.1) is 5.56 Å². The van der Waals surface area contributed by atoms with Crippen molar-refractivity contribution in [2.45, 2.75) is 4.90 Å². The van der Waals surface area contributed by atoms with Crippen LogP contribution in [0.15, 0.2) is 53.6 Å². The van der Waals surface area contributed by atoms with Gasteiger partial charge in [-0.2, -0.15) is 0 Å². The van der Waals surface area contributed by atoms with Gasteiger partial charge in [0.2, 0.25) is 0 Å². The van der Waals surface area contributed by atoms with E-state index in [4.69, 9.17) is 0 Å². The number of aromatic nitrogens is 1. The standard InChI is InChI=1S/C16H17N3OS/c20-16(13-5-1-2-6-14(13)21)19-11-9-18(10-12-19)15-7-3-4-8-17-15/h1-8,21H,9-12H2. The molecule has 1 aromatic carbocycles. The quantitative estimate of drug-likeness (QED) is 0.865. The fourth-order valence-electron chi connectivity index (χ4n) is 2.50. The van der Waals surface area contributed by atoms with E-state index in [1.54, 1.807) is 6.20 Å². The van der Waals surface area contributed by atoms with Crippen LogP contribution in [0, 0.1) is 0 Å². The van der Waals surface area contributed by atoms with Gasteiger partial charge in [-0.15, -0.1) is 12.6 Å². The number of carbonyl (C=O) groups excluding carboxylic acids is 1. The fraction of sp³-hybridized carbons (Fsp3) is 0.250. The maximum atomic E-state index is 12.5. The molecule has 0 N–H and O–H groups in total. The normalized spacial score (nSPS) is 15.1. The molecule has 1 aliphatic rings. The molecule has 0 bridgehead atoms. The Bertz CT molecular complexity index is 624. The smallest absolute Gasteiger partial charge is 0.255 e. The van der Waals surface area contributed by atoms with Crippen LogP contribution in [0.25, 0.3) is 0 Å². The summed E-state index contributed by atoms with van der Waals surface area (Å²) in [5.74, 6) is 1.03. The number of nitrogens with zero attached hydrogens (tertiary/aromatic N) is 3. The summed E-state index contributed by atoms with van der Waals surface area (Å²) in [5.41, 5.74) is 0.673. The highest BCUT2D eigenvalue weighted by atomic mass is 32.1. The van der Waals surface area contributed by atoms with Gasteiger partial charge in [0.1, 0.15) is 5.82 Å². The first kappa shape index (κ1) is 13.9. The Kier molecular flexibility index (Phi) is 4.10. The van der Waals surface area contributed by atoms with Crippen LogP contribution in [0.1, 0.15) is 10.4 Å². The van der Waals surface area contributed by atoms with E-state index < -0.39 is 0 Å². The molecule has 2 aromatic rings. The Morgan fingerprint density at radius 3 is 2.38 bits per heavy atom. The lowest BCUT2D eigenvalue weighted by atomic mass is 10.2. The van der Waals surface area contributed by atoms with Crippen molar-refractivity contribution in [2.75, 3.05) is 31.1 Å². The number of rotatable bonds is 2. The van der Waals surface area contributed by atoms with Crippen LogP contribution in [0.3, 0.4) is 0 Å². The van der Waals surface area contributed by atoms with Crippen molar-refractivity contribution in [1.82, 2.24) is 9.88 Å². The summed E-state index contributed by atoms with van der Waals surface area (Å²) >= 11 is 4.36. The average Bonchev–Trinajstić information content (AvgIpc) is 2.56. The monoisotopic (exact) mass is 299 g/mol. The molecule has 1 aromatic heterocycles. The number of hydrogen-bond acceptors (Lipinski definition) is 4. The second-order valence-electron chi connectivity index (χ2n) is 4.98. The Balaban J connectivity index is 1.66. The second-order valence-corrected chi connectivity index (χ2v) is 5.47. The first-order valence-corrected chi connectivity index (χ1v) is 7.43. The SMILES string of the molecule is O=C(c1ccccc1S)N1CCN(c2ccccn2)CC1. The zero-order chi connectivity index (χ0) is 14.7. The fourth-order valence-corrected chi connectivity index (χ4v) is 2.76. The summed E-state index contributed by atoms with van der Waals surface area (Å²) in [6.07, 6.45) is 1.80. The molecular formula is C16H17N3OS. The molecule has 21 heavy (non-hydrogen) atoms. The molecule has 108 valence electrons. The highest BCUT2D eigenvalue weighted by Gasteiger charge is 2.23. The Morgan fingerprint density at radius 1 is 1.00 bits per heavy atom. The van der Waals surface area contributed by atoms with E-state index in [0.717, 1.165) is 23.8 Å². The predicted octanol–water partition coefficient (Wildman–Crippen LogP) is 2.33. The van der Waals surface area contributed by atoms with Crippen molar-refractivity contribution in [1.29, 1.82) is 0 Å². The first-order chi connectivity index (χ1) is 10.3. The van der Waals surface area contributed by atoms with Crippen LogP contribution < -0.4 is 4.90 Å². The third-order valence-corrected chi connectivity index (χ3v) is 4.06. The second kappa shape index (κ2) is 6.18. The maximum Gasteiger partial charge on any atom is 0.255 e. The van der Waals surface area contributed by atoms with Gasteiger partial charge in [0, 0.05) is 37.3 Å². The topological polar surface area (TPSA) is 36.4 Å². The lowest BCUT2D eigenvalue weighted by molar-refractivity contribution is 0.0743. The summed E-state index contributed by atoms with van der Waals surface area (Å²) < 4.78 is 0. The van der Waals surface area contributed by atoms with Gasteiger partial charge >= 0.3 is 0 Å². The molecular weight excluding hydrogens is 282 g/mol. The third kappa shape index (κ3) is 3.03. The number of hydrogen-bond donors (Lipinski definition) is 1. The van der Waals surface area contributed by atoms with E-state index in [-0.39, 0.29) is 5.91 Å². The van der Waals surface area contributed by atoms with Crippen molar-refractivity contribution in [2.24, 2.45) is 0 Å². The van der Waals surface area contributed by atoms with Gasteiger partial charge in [-0.1, -0.05) is 18.2 Å². The molecule has 2 heterocycles. The van der Waals surface area contributed by atoms with Crippen molar-refractivity contribution >= 4 is 24.4 Å². The van der Waals surface area contributed by atoms with Crippen LogP contribution >= 0.6 is 12.6 Å². The molecule has 0 atom stereocenters. The molecule has 5 heteroatoms. The summed E-state index contributed by atoms with van der Waals surface area (Å²) in [7, 11) is 0. The molecule has 4 nitrogen and oxygen atoms in total. The highest BCUT2D eigenvalue weighted by molar-refractivity contribution is 7.80. The van der Waals surface area contributed by atoms with Crippen LogP contribution in [0.2, 0.25) is 0 Å². The highest BCUT2D eigenvalue weighted by Crippen LogP contribution is 2.18. The van der Waals surface area contributed by atoms with Crippen LogP contribution in [-0.4, -0.2) is 42.0 Å². The molecule has 1 aliphatic heterocycles. The van der Waals surface area contributed by atoms with Gasteiger partial charge in [0.25, 0.3) is 5.91 Å². The summed E-state index contributed by atoms with van der Waals surface area (Å²) in [4.78, 5) is 21.7. The molecule has 1 fully saturated rings. The van der Waals surface area contributed by atoms with Gasteiger partial charge in [-0.25, -0.2) is 4.98 Å². The summed E-state index contributed by atoms with van der Waals surface area (Å²) in [5, 5.41) is 0. The number of pyridine rings is 1.